The van der Waals surface area contributed by atoms with Gasteiger partial charge < -0.3 is 9.84 Å². The van der Waals surface area contributed by atoms with Crippen molar-refractivity contribution in [1.82, 2.24) is 9.80 Å². The fraction of sp³-hybridized carbons (Fsp3) is 0.700. The number of β-amino-alcohol motifs (C(OH)–C–C–N with tert-alkyl or cyclic N) is 1. The van der Waals surface area contributed by atoms with Crippen LogP contribution in [0.25, 0.3) is 0 Å². The maximum atomic E-state index is 10.3. The van der Waals surface area contributed by atoms with Crippen molar-refractivity contribution < 1.29 is 9.84 Å². The van der Waals surface area contributed by atoms with Crippen molar-refractivity contribution in [2.24, 2.45) is 0 Å². The smallest absolute Gasteiger partial charge is 0.119 e. The highest BCUT2D eigenvalue weighted by atomic mass is 35.5. The zero-order valence-electron chi connectivity index (χ0n) is 15.4. The van der Waals surface area contributed by atoms with Crippen molar-refractivity contribution in [3.63, 3.8) is 0 Å². The maximum Gasteiger partial charge on any atom is 0.119 e. The molecule has 1 aliphatic heterocycles. The van der Waals surface area contributed by atoms with E-state index >= 15 is 0 Å². The number of aliphatic hydroxyl groups is 1. The maximum absolute atomic E-state index is 10.3. The lowest BCUT2D eigenvalue weighted by atomic mass is 9.94. The van der Waals surface area contributed by atoms with Crippen LogP contribution in [0, 0.1) is 6.92 Å². The molecule has 1 aliphatic carbocycles. The molecule has 1 saturated carbocycles. The average molecular weight is 369 g/mol. The molecule has 1 aromatic rings. The SMILES string of the molecule is Cc1cccc(OCC(O)CN2CCN(C3CCCCC3)CC2)c1.Cl. The first-order chi connectivity index (χ1) is 11.7. The lowest BCUT2D eigenvalue weighted by Crippen LogP contribution is -2.52. The minimum atomic E-state index is -0.424. The van der Waals surface area contributed by atoms with Gasteiger partial charge in [-0.15, -0.1) is 12.4 Å². The van der Waals surface area contributed by atoms with E-state index in [9.17, 15) is 5.11 Å². The van der Waals surface area contributed by atoms with Crippen molar-refractivity contribution in [3.8, 4) is 5.75 Å². The summed E-state index contributed by atoms with van der Waals surface area (Å²) in [7, 11) is 0. The highest BCUT2D eigenvalue weighted by Gasteiger charge is 2.25. The van der Waals surface area contributed by atoms with Crippen molar-refractivity contribution in [2.75, 3.05) is 39.3 Å². The number of aryl methyl sites for hydroxylation is 1. The summed E-state index contributed by atoms with van der Waals surface area (Å²) in [5.41, 5.74) is 1.18. The van der Waals surface area contributed by atoms with Crippen LogP contribution in [0.4, 0.5) is 0 Å². The molecule has 142 valence electrons. The number of ether oxygens (including phenoxy) is 1. The Morgan fingerprint density at radius 1 is 1.12 bits per heavy atom. The summed E-state index contributed by atoms with van der Waals surface area (Å²) >= 11 is 0. The van der Waals surface area contributed by atoms with Gasteiger partial charge in [0.05, 0.1) is 0 Å². The van der Waals surface area contributed by atoms with E-state index in [-0.39, 0.29) is 12.4 Å². The zero-order chi connectivity index (χ0) is 16.8. The summed E-state index contributed by atoms with van der Waals surface area (Å²) in [5.74, 6) is 0.844. The first-order valence-electron chi connectivity index (χ1n) is 9.54. The lowest BCUT2D eigenvalue weighted by molar-refractivity contribution is 0.0312. The predicted octanol–water partition coefficient (Wildman–Crippen LogP) is 3.11. The predicted molar refractivity (Wildman–Crippen MR) is 105 cm³/mol. The van der Waals surface area contributed by atoms with E-state index < -0.39 is 6.10 Å². The number of rotatable bonds is 6. The number of halogens is 1. The molecule has 1 atom stereocenters. The van der Waals surface area contributed by atoms with Crippen LogP contribution in [0.15, 0.2) is 24.3 Å². The van der Waals surface area contributed by atoms with Gasteiger partial charge >= 0.3 is 0 Å². The van der Waals surface area contributed by atoms with E-state index in [1.807, 2.05) is 18.2 Å². The highest BCUT2D eigenvalue weighted by Crippen LogP contribution is 2.23. The van der Waals surface area contributed by atoms with E-state index in [0.29, 0.717) is 13.2 Å². The molecule has 5 heteroatoms. The summed E-state index contributed by atoms with van der Waals surface area (Å²) in [6.45, 7) is 7.56. The van der Waals surface area contributed by atoms with Gasteiger partial charge in [0.15, 0.2) is 0 Å². The molecule has 1 unspecified atom stereocenters. The van der Waals surface area contributed by atoms with Gasteiger partial charge in [-0.1, -0.05) is 31.4 Å². The molecular formula is C20H33ClN2O2. The molecule has 1 N–H and O–H groups in total. The Hall–Kier alpha value is -0.810. The molecule has 4 nitrogen and oxygen atoms in total. The Labute approximate surface area is 158 Å². The fourth-order valence-electron chi connectivity index (χ4n) is 4.01. The Kier molecular flexibility index (Phi) is 8.50. The quantitative estimate of drug-likeness (QED) is 0.837. The van der Waals surface area contributed by atoms with Crippen LogP contribution >= 0.6 is 12.4 Å². The molecule has 1 aromatic carbocycles. The summed E-state index contributed by atoms with van der Waals surface area (Å²) in [4.78, 5) is 5.05. The Balaban J connectivity index is 0.00000225. The molecule has 0 amide bonds. The number of aliphatic hydroxyl groups excluding tert-OH is 1. The third-order valence-corrected chi connectivity index (χ3v) is 5.40. The molecule has 3 rings (SSSR count). The minimum absolute atomic E-state index is 0. The molecule has 0 radical (unpaired) electrons. The van der Waals surface area contributed by atoms with Gasteiger partial charge in [-0.05, 0) is 37.5 Å². The van der Waals surface area contributed by atoms with Crippen LogP contribution in [-0.4, -0.2) is 66.4 Å². The normalized spacial score (nSPS) is 21.5. The molecule has 0 spiro atoms. The van der Waals surface area contributed by atoms with Crippen LogP contribution in [0.1, 0.15) is 37.7 Å². The van der Waals surface area contributed by atoms with Crippen LogP contribution in [0.3, 0.4) is 0 Å². The van der Waals surface area contributed by atoms with Crippen LogP contribution in [-0.2, 0) is 0 Å². The van der Waals surface area contributed by atoms with E-state index in [4.69, 9.17) is 4.74 Å². The Bertz CT molecular complexity index is 500. The lowest BCUT2D eigenvalue weighted by Gasteiger charge is -2.41. The van der Waals surface area contributed by atoms with Crippen molar-refractivity contribution in [3.05, 3.63) is 29.8 Å². The Morgan fingerprint density at radius 2 is 1.84 bits per heavy atom. The molecule has 2 fully saturated rings. The summed E-state index contributed by atoms with van der Waals surface area (Å²) in [6.07, 6.45) is 6.57. The fourth-order valence-corrected chi connectivity index (χ4v) is 4.01. The number of benzene rings is 1. The standard InChI is InChI=1S/C20H32N2O2.ClH/c1-17-6-5-9-20(14-17)24-16-19(23)15-21-10-12-22(13-11-21)18-7-3-2-4-8-18;/h5-6,9,14,18-19,23H,2-4,7-8,10-13,15-16H2,1H3;1H. The first kappa shape index (κ1) is 20.5. The van der Waals surface area contributed by atoms with Gasteiger partial charge in [0, 0.05) is 38.8 Å². The molecule has 0 aromatic heterocycles. The molecule has 1 heterocycles. The van der Waals surface area contributed by atoms with Crippen molar-refractivity contribution in [2.45, 2.75) is 51.2 Å². The monoisotopic (exact) mass is 368 g/mol. The summed E-state index contributed by atoms with van der Waals surface area (Å²) < 4.78 is 5.72. The second-order valence-electron chi connectivity index (χ2n) is 7.41. The molecule has 0 bridgehead atoms. The van der Waals surface area contributed by atoms with E-state index in [0.717, 1.165) is 38.0 Å². The minimum Gasteiger partial charge on any atom is -0.491 e. The van der Waals surface area contributed by atoms with E-state index in [2.05, 4.69) is 22.8 Å². The number of piperazine rings is 1. The number of hydrogen-bond acceptors (Lipinski definition) is 4. The Morgan fingerprint density at radius 3 is 2.52 bits per heavy atom. The molecule has 1 saturated heterocycles. The third kappa shape index (κ3) is 6.45. The van der Waals surface area contributed by atoms with Gasteiger partial charge in [-0.2, -0.15) is 0 Å². The summed E-state index contributed by atoms with van der Waals surface area (Å²) in [6, 6.07) is 8.81. The van der Waals surface area contributed by atoms with Crippen LogP contribution in [0.5, 0.6) is 5.75 Å². The second kappa shape index (κ2) is 10.4. The first-order valence-corrected chi connectivity index (χ1v) is 9.54. The second-order valence-corrected chi connectivity index (χ2v) is 7.41. The molecular weight excluding hydrogens is 336 g/mol. The number of hydrogen-bond donors (Lipinski definition) is 1. The van der Waals surface area contributed by atoms with Crippen molar-refractivity contribution >= 4 is 12.4 Å². The third-order valence-electron chi connectivity index (χ3n) is 5.40. The highest BCUT2D eigenvalue weighted by molar-refractivity contribution is 5.85. The van der Waals surface area contributed by atoms with Crippen LogP contribution in [0.2, 0.25) is 0 Å². The largest absolute Gasteiger partial charge is 0.491 e. The van der Waals surface area contributed by atoms with Gasteiger partial charge in [0.1, 0.15) is 18.5 Å². The van der Waals surface area contributed by atoms with E-state index in [1.54, 1.807) is 0 Å². The average Bonchev–Trinajstić information content (AvgIpc) is 2.61. The molecule has 25 heavy (non-hydrogen) atoms. The van der Waals surface area contributed by atoms with Gasteiger partial charge in [-0.3, -0.25) is 9.80 Å². The van der Waals surface area contributed by atoms with Gasteiger partial charge in [0.25, 0.3) is 0 Å². The summed E-state index contributed by atoms with van der Waals surface area (Å²) in [5, 5.41) is 10.3. The van der Waals surface area contributed by atoms with Crippen LogP contribution < -0.4 is 4.74 Å². The zero-order valence-corrected chi connectivity index (χ0v) is 16.2. The van der Waals surface area contributed by atoms with E-state index in [1.165, 1.54) is 37.7 Å². The molecule has 2 aliphatic rings. The number of nitrogens with zero attached hydrogens (tertiary/aromatic N) is 2. The van der Waals surface area contributed by atoms with Gasteiger partial charge in [-0.25, -0.2) is 0 Å². The topological polar surface area (TPSA) is 35.9 Å². The van der Waals surface area contributed by atoms with Crippen molar-refractivity contribution in [1.29, 1.82) is 0 Å². The van der Waals surface area contributed by atoms with Gasteiger partial charge in [0.2, 0.25) is 0 Å².